The van der Waals surface area contributed by atoms with Crippen molar-refractivity contribution in [2.24, 2.45) is 5.92 Å². The van der Waals surface area contributed by atoms with Gasteiger partial charge in [-0.15, -0.1) is 0 Å². The average Bonchev–Trinajstić information content (AvgIpc) is 2.59. The van der Waals surface area contributed by atoms with Gasteiger partial charge in [-0.05, 0) is 6.08 Å². The molecule has 9 heteroatoms. The molecule has 0 saturated carbocycles. The highest BCUT2D eigenvalue weighted by molar-refractivity contribution is 5.86. The van der Waals surface area contributed by atoms with Crippen molar-refractivity contribution in [1.82, 2.24) is 10.6 Å². The van der Waals surface area contributed by atoms with Gasteiger partial charge in [0.05, 0.1) is 46.0 Å². The lowest BCUT2D eigenvalue weighted by Gasteiger charge is -2.43. The van der Waals surface area contributed by atoms with Crippen molar-refractivity contribution < 1.29 is 33.7 Å². The van der Waals surface area contributed by atoms with Crippen LogP contribution in [-0.4, -0.2) is 106 Å². The second-order valence-electron chi connectivity index (χ2n) is 7.95. The highest BCUT2D eigenvalue weighted by Crippen LogP contribution is 2.26. The fourth-order valence-electron chi connectivity index (χ4n) is 3.04. The molecular weight excluding hydrogens is 354 g/mol. The van der Waals surface area contributed by atoms with E-state index in [-0.39, 0.29) is 31.3 Å². The van der Waals surface area contributed by atoms with E-state index in [4.69, 9.17) is 14.2 Å². The summed E-state index contributed by atoms with van der Waals surface area (Å²) < 4.78 is 17.3. The Labute approximate surface area is 161 Å². The molecule has 1 amide bonds. The molecule has 6 atom stereocenters. The maximum absolute atomic E-state index is 11.1. The van der Waals surface area contributed by atoms with Gasteiger partial charge >= 0.3 is 0 Å². The first kappa shape index (κ1) is 24.0. The van der Waals surface area contributed by atoms with Gasteiger partial charge < -0.3 is 39.5 Å². The van der Waals surface area contributed by atoms with Crippen LogP contribution in [0.15, 0.2) is 12.7 Å². The summed E-state index contributed by atoms with van der Waals surface area (Å²) in [7, 11) is 7.52. The van der Waals surface area contributed by atoms with Crippen LogP contribution >= 0.6 is 0 Å². The SMILES string of the molecule is C=CC(=O)NCOC[C@H]1O[C@@H](OC)[C@H](NCC(O)C[N+](C)(C)C)[C@@H](O)[C@@H]1C. The van der Waals surface area contributed by atoms with Crippen molar-refractivity contribution in [1.29, 1.82) is 0 Å². The second kappa shape index (κ2) is 11.1. The minimum Gasteiger partial charge on any atom is -0.391 e. The molecule has 1 unspecified atom stereocenters. The van der Waals surface area contributed by atoms with Crippen LogP contribution in [0, 0.1) is 5.92 Å². The van der Waals surface area contributed by atoms with E-state index in [1.54, 1.807) is 0 Å². The molecule has 0 aromatic rings. The Bertz CT molecular complexity index is 469. The minimum atomic E-state index is -0.739. The van der Waals surface area contributed by atoms with Crippen LogP contribution in [0.1, 0.15) is 6.92 Å². The number of methoxy groups -OCH3 is 1. The first-order valence-corrected chi connectivity index (χ1v) is 9.15. The number of carbonyl (C=O) groups is 1. The zero-order valence-corrected chi connectivity index (χ0v) is 17.1. The summed E-state index contributed by atoms with van der Waals surface area (Å²) in [6.45, 7) is 6.36. The van der Waals surface area contributed by atoms with E-state index < -0.39 is 24.5 Å². The molecular formula is C18H36N3O6+. The molecule has 0 aliphatic carbocycles. The third-order valence-electron chi connectivity index (χ3n) is 4.49. The van der Waals surface area contributed by atoms with Crippen LogP contribution < -0.4 is 10.6 Å². The molecule has 1 rings (SSSR count). The third-order valence-corrected chi connectivity index (χ3v) is 4.49. The van der Waals surface area contributed by atoms with Crippen LogP contribution in [0.25, 0.3) is 0 Å². The molecule has 1 saturated heterocycles. The van der Waals surface area contributed by atoms with E-state index in [0.29, 0.717) is 17.6 Å². The largest absolute Gasteiger partial charge is 0.391 e. The lowest BCUT2D eigenvalue weighted by molar-refractivity contribution is -0.873. The standard InChI is InChI=1S/C18H35N3O6/c1-7-15(23)20-11-26-10-14-12(2)17(24)16(18(25-6)27-14)19-8-13(22)9-21(3,4)5/h7,12-14,16-19,22,24H,1,8-11H2,2-6H3/p+1/t12-,13?,14-,16-,17+,18-/m1/s1. The van der Waals surface area contributed by atoms with Crippen LogP contribution in [-0.2, 0) is 19.0 Å². The van der Waals surface area contributed by atoms with E-state index in [9.17, 15) is 15.0 Å². The maximum atomic E-state index is 11.1. The number of hydrogen-bond donors (Lipinski definition) is 4. The third kappa shape index (κ3) is 8.22. The predicted molar refractivity (Wildman–Crippen MR) is 101 cm³/mol. The highest BCUT2D eigenvalue weighted by Gasteiger charge is 2.43. The maximum Gasteiger partial charge on any atom is 0.245 e. The molecule has 1 heterocycles. The van der Waals surface area contributed by atoms with Crippen molar-refractivity contribution in [3.8, 4) is 0 Å². The Hall–Kier alpha value is -1.07. The topological polar surface area (TPSA) is 109 Å². The molecule has 158 valence electrons. The normalized spacial score (nSPS) is 30.0. The number of amides is 1. The Kier molecular flexibility index (Phi) is 9.82. The fourth-order valence-corrected chi connectivity index (χ4v) is 3.04. The van der Waals surface area contributed by atoms with Gasteiger partial charge in [0.15, 0.2) is 6.29 Å². The number of aliphatic hydroxyl groups excluding tert-OH is 2. The van der Waals surface area contributed by atoms with Gasteiger partial charge in [0.1, 0.15) is 19.4 Å². The number of quaternary nitrogens is 1. The number of nitrogens with one attached hydrogen (secondary N) is 2. The molecule has 9 nitrogen and oxygen atoms in total. The zero-order valence-electron chi connectivity index (χ0n) is 17.1. The first-order valence-electron chi connectivity index (χ1n) is 9.15. The van der Waals surface area contributed by atoms with Crippen LogP contribution in [0.5, 0.6) is 0 Å². The summed E-state index contributed by atoms with van der Waals surface area (Å²) in [6.07, 6.45) is -1.20. The van der Waals surface area contributed by atoms with Gasteiger partial charge in [-0.3, -0.25) is 4.79 Å². The van der Waals surface area contributed by atoms with Gasteiger partial charge in [-0.1, -0.05) is 13.5 Å². The number of ether oxygens (including phenoxy) is 3. The fraction of sp³-hybridized carbons (Fsp3) is 0.833. The monoisotopic (exact) mass is 390 g/mol. The summed E-state index contributed by atoms with van der Waals surface area (Å²) in [5, 5.41) is 26.6. The van der Waals surface area contributed by atoms with E-state index in [1.807, 2.05) is 28.1 Å². The van der Waals surface area contributed by atoms with E-state index in [1.165, 1.54) is 7.11 Å². The molecule has 27 heavy (non-hydrogen) atoms. The summed E-state index contributed by atoms with van der Waals surface area (Å²) in [5.74, 6) is -0.543. The first-order chi connectivity index (χ1) is 12.6. The summed E-state index contributed by atoms with van der Waals surface area (Å²) in [4.78, 5) is 11.1. The second-order valence-corrected chi connectivity index (χ2v) is 7.95. The number of aliphatic hydroxyl groups is 2. The molecule has 4 N–H and O–H groups in total. The Morgan fingerprint density at radius 2 is 2.07 bits per heavy atom. The van der Waals surface area contributed by atoms with Crippen molar-refractivity contribution in [2.75, 3.05) is 54.7 Å². The molecule has 1 aliphatic heterocycles. The van der Waals surface area contributed by atoms with E-state index >= 15 is 0 Å². The van der Waals surface area contributed by atoms with Crippen molar-refractivity contribution >= 4 is 5.91 Å². The van der Waals surface area contributed by atoms with Crippen LogP contribution in [0.2, 0.25) is 0 Å². The number of carbonyl (C=O) groups excluding carboxylic acids is 1. The Morgan fingerprint density at radius 1 is 1.41 bits per heavy atom. The van der Waals surface area contributed by atoms with Gasteiger partial charge in [0.2, 0.25) is 5.91 Å². The molecule has 1 fully saturated rings. The Balaban J connectivity index is 2.54. The Morgan fingerprint density at radius 3 is 2.63 bits per heavy atom. The van der Waals surface area contributed by atoms with Crippen LogP contribution in [0.4, 0.5) is 0 Å². The minimum absolute atomic E-state index is 0.0318. The number of rotatable bonds is 11. The van der Waals surface area contributed by atoms with Crippen molar-refractivity contribution in [3.05, 3.63) is 12.7 Å². The van der Waals surface area contributed by atoms with E-state index in [2.05, 4.69) is 17.2 Å². The molecule has 0 aromatic carbocycles. The molecule has 0 spiro atoms. The highest BCUT2D eigenvalue weighted by atomic mass is 16.7. The summed E-state index contributed by atoms with van der Waals surface area (Å²) >= 11 is 0. The molecule has 1 aliphatic rings. The molecule has 0 aromatic heterocycles. The van der Waals surface area contributed by atoms with Gasteiger partial charge in [-0.25, -0.2) is 0 Å². The lowest BCUT2D eigenvalue weighted by atomic mass is 9.89. The van der Waals surface area contributed by atoms with Gasteiger partial charge in [0.25, 0.3) is 0 Å². The molecule has 0 bridgehead atoms. The van der Waals surface area contributed by atoms with Crippen molar-refractivity contribution in [2.45, 2.75) is 37.6 Å². The molecule has 0 radical (unpaired) electrons. The number of hydrogen-bond acceptors (Lipinski definition) is 7. The van der Waals surface area contributed by atoms with Crippen molar-refractivity contribution in [3.63, 3.8) is 0 Å². The number of likely N-dealkylation sites (N-methyl/N-ethyl adjacent to an activating group) is 1. The number of nitrogens with zero attached hydrogens (tertiary/aromatic N) is 1. The average molecular weight is 391 g/mol. The zero-order chi connectivity index (χ0) is 20.6. The summed E-state index contributed by atoms with van der Waals surface area (Å²) in [6, 6.07) is -0.469. The lowest BCUT2D eigenvalue weighted by Crippen LogP contribution is -2.62. The van der Waals surface area contributed by atoms with Gasteiger partial charge in [-0.2, -0.15) is 0 Å². The summed E-state index contributed by atoms with van der Waals surface area (Å²) in [5.41, 5.74) is 0. The van der Waals surface area contributed by atoms with Gasteiger partial charge in [0, 0.05) is 19.6 Å². The smallest absolute Gasteiger partial charge is 0.245 e. The quantitative estimate of drug-likeness (QED) is 0.150. The van der Waals surface area contributed by atoms with E-state index in [0.717, 1.165) is 6.08 Å². The predicted octanol–water partition coefficient (Wildman–Crippen LogP) is -1.34. The van der Waals surface area contributed by atoms with Crippen LogP contribution in [0.3, 0.4) is 0 Å².